The van der Waals surface area contributed by atoms with Crippen molar-refractivity contribution in [2.75, 3.05) is 6.61 Å². The van der Waals surface area contributed by atoms with E-state index in [-0.39, 0.29) is 0 Å². The predicted molar refractivity (Wildman–Crippen MR) is 159 cm³/mol. The van der Waals surface area contributed by atoms with Gasteiger partial charge in [-0.3, -0.25) is 4.79 Å². The Hall–Kier alpha value is -5.43. The van der Waals surface area contributed by atoms with E-state index >= 15 is 0 Å². The molecule has 0 atom stereocenters. The molecule has 0 unspecified atom stereocenters. The molecule has 0 fully saturated rings. The highest BCUT2D eigenvalue weighted by atomic mass is 16.5. The van der Waals surface area contributed by atoms with Crippen molar-refractivity contribution in [3.05, 3.63) is 138 Å². The molecule has 0 aromatic heterocycles. The molecule has 5 aromatic rings. The molecule has 0 spiro atoms. The van der Waals surface area contributed by atoms with Crippen LogP contribution in [0.5, 0.6) is 17.2 Å². The second-order valence-electron chi connectivity index (χ2n) is 9.01. The molecule has 7 heteroatoms. The van der Waals surface area contributed by atoms with Gasteiger partial charge in [0, 0.05) is 5.56 Å². The molecule has 0 bridgehead atoms. The summed E-state index contributed by atoms with van der Waals surface area (Å²) in [5, 5.41) is 5.96. The van der Waals surface area contributed by atoms with Crippen molar-refractivity contribution in [3.63, 3.8) is 0 Å². The van der Waals surface area contributed by atoms with Crippen molar-refractivity contribution in [2.24, 2.45) is 5.10 Å². The number of hydrogen-bond acceptors (Lipinski definition) is 6. The number of ether oxygens (including phenoxy) is 3. The lowest BCUT2D eigenvalue weighted by atomic mass is 10.0. The molecule has 0 saturated carbocycles. The van der Waals surface area contributed by atoms with E-state index in [4.69, 9.17) is 14.2 Å². The van der Waals surface area contributed by atoms with Crippen LogP contribution in [0, 0.1) is 0 Å². The van der Waals surface area contributed by atoms with E-state index in [2.05, 4.69) is 10.5 Å². The Kier molecular flexibility index (Phi) is 8.66. The van der Waals surface area contributed by atoms with E-state index in [1.54, 1.807) is 48.5 Å². The number of fused-ring (bicyclic) bond motifs is 1. The Balaban J connectivity index is 1.34. The highest BCUT2D eigenvalue weighted by Gasteiger charge is 2.15. The van der Waals surface area contributed by atoms with Gasteiger partial charge in [0.25, 0.3) is 5.91 Å². The van der Waals surface area contributed by atoms with Gasteiger partial charge in [-0.1, -0.05) is 72.8 Å². The molecule has 0 aliphatic rings. The first-order valence-electron chi connectivity index (χ1n) is 13.2. The predicted octanol–water partition coefficient (Wildman–Crippen LogP) is 6.80. The van der Waals surface area contributed by atoms with Crippen molar-refractivity contribution in [3.8, 4) is 17.2 Å². The Bertz CT molecular complexity index is 1680. The summed E-state index contributed by atoms with van der Waals surface area (Å²) >= 11 is 0. The van der Waals surface area contributed by atoms with E-state index in [1.165, 1.54) is 6.21 Å². The highest BCUT2D eigenvalue weighted by Crippen LogP contribution is 2.28. The summed E-state index contributed by atoms with van der Waals surface area (Å²) in [7, 11) is 0. The van der Waals surface area contributed by atoms with Crippen LogP contribution in [0.2, 0.25) is 0 Å². The van der Waals surface area contributed by atoms with Gasteiger partial charge in [0.2, 0.25) is 0 Å². The van der Waals surface area contributed by atoms with E-state index in [1.807, 2.05) is 73.7 Å². The Morgan fingerprint density at radius 3 is 2.29 bits per heavy atom. The molecule has 5 aromatic carbocycles. The first-order chi connectivity index (χ1) is 20.1. The largest absolute Gasteiger partial charge is 0.494 e. The van der Waals surface area contributed by atoms with Crippen LogP contribution < -0.4 is 19.6 Å². The minimum Gasteiger partial charge on any atom is -0.494 e. The maximum atomic E-state index is 13.1. The molecule has 0 aliphatic carbocycles. The van der Waals surface area contributed by atoms with Crippen LogP contribution in [0.4, 0.5) is 0 Å². The maximum absolute atomic E-state index is 13.1. The smallest absolute Gasteiger partial charge is 0.343 e. The van der Waals surface area contributed by atoms with Crippen LogP contribution in [-0.2, 0) is 6.61 Å². The minimum atomic E-state index is -0.522. The van der Waals surface area contributed by atoms with E-state index in [9.17, 15) is 9.59 Å². The zero-order valence-corrected chi connectivity index (χ0v) is 22.4. The van der Waals surface area contributed by atoms with Crippen LogP contribution >= 0.6 is 0 Å². The van der Waals surface area contributed by atoms with Gasteiger partial charge in [0.15, 0.2) is 0 Å². The average molecular weight is 545 g/mol. The topological polar surface area (TPSA) is 86.2 Å². The second-order valence-corrected chi connectivity index (χ2v) is 9.01. The van der Waals surface area contributed by atoms with Gasteiger partial charge < -0.3 is 14.2 Å². The van der Waals surface area contributed by atoms with Crippen molar-refractivity contribution in [1.82, 2.24) is 5.43 Å². The van der Waals surface area contributed by atoms with Gasteiger partial charge in [-0.2, -0.15) is 5.10 Å². The average Bonchev–Trinajstić information content (AvgIpc) is 3.02. The third kappa shape index (κ3) is 6.78. The zero-order valence-electron chi connectivity index (χ0n) is 22.4. The number of rotatable bonds is 10. The number of carbonyl (C=O) groups excluding carboxylic acids is 2. The third-order valence-electron chi connectivity index (χ3n) is 6.26. The number of carbonyl (C=O) groups is 2. The zero-order chi connectivity index (χ0) is 28.4. The molecule has 7 nitrogen and oxygen atoms in total. The van der Waals surface area contributed by atoms with Gasteiger partial charge in [-0.25, -0.2) is 10.2 Å². The summed E-state index contributed by atoms with van der Waals surface area (Å²) in [4.78, 5) is 26.0. The quantitative estimate of drug-likeness (QED) is 0.0904. The second kappa shape index (κ2) is 13.1. The van der Waals surface area contributed by atoms with E-state index < -0.39 is 11.9 Å². The lowest BCUT2D eigenvalue weighted by Gasteiger charge is -2.12. The summed E-state index contributed by atoms with van der Waals surface area (Å²) in [6.45, 7) is 2.76. The summed E-state index contributed by atoms with van der Waals surface area (Å²) in [5.74, 6) is 0.473. The molecular formula is C34H28N2O5. The van der Waals surface area contributed by atoms with Crippen LogP contribution in [0.15, 0.2) is 120 Å². The van der Waals surface area contributed by atoms with Crippen molar-refractivity contribution in [2.45, 2.75) is 13.5 Å². The van der Waals surface area contributed by atoms with Crippen molar-refractivity contribution >= 4 is 28.9 Å². The van der Waals surface area contributed by atoms with Gasteiger partial charge >= 0.3 is 5.97 Å². The van der Waals surface area contributed by atoms with Gasteiger partial charge in [-0.05, 0) is 65.7 Å². The van der Waals surface area contributed by atoms with Gasteiger partial charge in [0.05, 0.1) is 23.9 Å². The third-order valence-corrected chi connectivity index (χ3v) is 6.26. The summed E-state index contributed by atoms with van der Waals surface area (Å²) in [5.41, 5.74) is 4.85. The number of nitrogens with zero attached hydrogens (tertiary/aromatic N) is 1. The Morgan fingerprint density at radius 1 is 0.756 bits per heavy atom. The number of amides is 1. The number of hydrogen-bond donors (Lipinski definition) is 1. The number of nitrogens with one attached hydrogen (secondary N) is 1. The number of para-hydroxylation sites is 1. The van der Waals surface area contributed by atoms with Gasteiger partial charge in [0.1, 0.15) is 23.9 Å². The minimum absolute atomic E-state index is 0.312. The summed E-state index contributed by atoms with van der Waals surface area (Å²) in [6.07, 6.45) is 1.48. The molecule has 1 N–H and O–H groups in total. The summed E-state index contributed by atoms with van der Waals surface area (Å²) in [6, 6.07) is 34.7. The van der Waals surface area contributed by atoms with Crippen molar-refractivity contribution < 1.29 is 23.8 Å². The highest BCUT2D eigenvalue weighted by molar-refractivity contribution is 6.04. The molecule has 41 heavy (non-hydrogen) atoms. The van der Waals surface area contributed by atoms with Crippen molar-refractivity contribution in [1.29, 1.82) is 0 Å². The lowest BCUT2D eigenvalue weighted by Crippen LogP contribution is -2.19. The normalized spacial score (nSPS) is 10.9. The van der Waals surface area contributed by atoms with Crippen LogP contribution in [0.3, 0.4) is 0 Å². The standard InChI is InChI=1S/C34H28N2O5/c1-2-39-27-19-16-26(17-20-27)34(38)41-32-21-18-25-12-6-7-13-28(25)30(32)22-35-36-33(37)29-14-8-9-15-31(29)40-23-24-10-4-3-5-11-24/h3-22H,2,23H2,1H3,(H,36,37)/b35-22-. The number of benzene rings is 5. The molecule has 204 valence electrons. The fraction of sp³-hybridized carbons (Fsp3) is 0.0882. The lowest BCUT2D eigenvalue weighted by molar-refractivity contribution is 0.0734. The maximum Gasteiger partial charge on any atom is 0.343 e. The molecule has 5 rings (SSSR count). The fourth-order valence-electron chi connectivity index (χ4n) is 4.24. The van der Waals surface area contributed by atoms with E-state index in [0.29, 0.717) is 47.2 Å². The van der Waals surface area contributed by atoms with Crippen LogP contribution in [-0.4, -0.2) is 24.7 Å². The monoisotopic (exact) mass is 544 g/mol. The first-order valence-corrected chi connectivity index (χ1v) is 13.2. The Labute approximate surface area is 238 Å². The summed E-state index contributed by atoms with van der Waals surface area (Å²) < 4.78 is 17.1. The SMILES string of the molecule is CCOc1ccc(C(=O)Oc2ccc3ccccc3c2/C=N\NC(=O)c2ccccc2OCc2ccccc2)cc1. The molecule has 1 amide bonds. The van der Waals surface area contributed by atoms with Crippen LogP contribution in [0.1, 0.15) is 38.8 Å². The van der Waals surface area contributed by atoms with Gasteiger partial charge in [-0.15, -0.1) is 0 Å². The molecule has 0 saturated heterocycles. The molecule has 0 radical (unpaired) electrons. The Morgan fingerprint density at radius 2 is 1.49 bits per heavy atom. The first kappa shape index (κ1) is 27.1. The molecule has 0 aliphatic heterocycles. The molecule has 0 heterocycles. The van der Waals surface area contributed by atoms with Crippen LogP contribution in [0.25, 0.3) is 10.8 Å². The molecular weight excluding hydrogens is 516 g/mol. The fourth-order valence-corrected chi connectivity index (χ4v) is 4.24. The number of hydrazone groups is 1. The van der Waals surface area contributed by atoms with E-state index in [0.717, 1.165) is 16.3 Å². The number of esters is 1.